The van der Waals surface area contributed by atoms with Crippen LogP contribution in [0.4, 0.5) is 13.2 Å². The molecule has 10 heteroatoms. The van der Waals surface area contributed by atoms with Gasteiger partial charge in [-0.05, 0) is 37.8 Å². The first-order valence-electron chi connectivity index (χ1n) is 8.70. The van der Waals surface area contributed by atoms with Crippen LogP contribution in [-0.4, -0.2) is 65.7 Å². The van der Waals surface area contributed by atoms with E-state index in [2.05, 4.69) is 10.1 Å². The monoisotopic (exact) mass is 376 g/mol. The first-order chi connectivity index (χ1) is 12.3. The molecule has 26 heavy (non-hydrogen) atoms. The molecular weight excluding hydrogens is 353 g/mol. The van der Waals surface area contributed by atoms with E-state index >= 15 is 0 Å². The predicted octanol–water partition coefficient (Wildman–Crippen LogP) is 1.94. The number of alkyl halides is 3. The summed E-state index contributed by atoms with van der Waals surface area (Å²) in [5.74, 6) is -1.09. The quantitative estimate of drug-likeness (QED) is 0.782. The molecule has 0 aromatic carbocycles. The molecule has 1 amide bonds. The van der Waals surface area contributed by atoms with Crippen molar-refractivity contribution in [3.63, 3.8) is 0 Å². The minimum atomic E-state index is -4.59. The third-order valence-electron chi connectivity index (χ3n) is 5.31. The number of hydrogen-bond donors (Lipinski definition) is 0. The maximum atomic E-state index is 12.5. The number of halogens is 3. The maximum Gasteiger partial charge on any atom is 0.455 e. The van der Waals surface area contributed by atoms with Crippen LogP contribution < -0.4 is 0 Å². The molecule has 1 spiro atoms. The Morgan fingerprint density at radius 2 is 2.00 bits per heavy atom. The van der Waals surface area contributed by atoms with Crippen LogP contribution in [0, 0.1) is 5.41 Å². The first-order valence-corrected chi connectivity index (χ1v) is 8.70. The van der Waals surface area contributed by atoms with Crippen LogP contribution >= 0.6 is 0 Å². The highest BCUT2D eigenvalue weighted by molar-refractivity contribution is 5.77. The molecule has 0 N–H and O–H groups in total. The molecule has 2 saturated heterocycles. The Labute approximate surface area is 149 Å². The molecule has 0 aliphatic carbocycles. The first kappa shape index (κ1) is 19.1. The Kier molecular flexibility index (Phi) is 5.52. The molecule has 146 valence electrons. The van der Waals surface area contributed by atoms with E-state index in [4.69, 9.17) is 9.26 Å². The Balaban J connectivity index is 1.53. The van der Waals surface area contributed by atoms with Crippen molar-refractivity contribution in [2.24, 2.45) is 5.41 Å². The van der Waals surface area contributed by atoms with Crippen molar-refractivity contribution in [1.29, 1.82) is 0 Å². The fraction of sp³-hybridized carbons (Fsp3) is 0.812. The number of carbonyl (C=O) groups is 1. The molecule has 2 aliphatic rings. The van der Waals surface area contributed by atoms with Crippen molar-refractivity contribution in [1.82, 2.24) is 19.9 Å². The normalized spacial score (nSPS) is 21.5. The van der Waals surface area contributed by atoms with Gasteiger partial charge in [-0.25, -0.2) is 0 Å². The minimum Gasteiger partial charge on any atom is -0.383 e. The van der Waals surface area contributed by atoms with E-state index in [1.54, 1.807) is 7.11 Å². The smallest absolute Gasteiger partial charge is 0.383 e. The molecule has 2 fully saturated rings. The second kappa shape index (κ2) is 7.51. The van der Waals surface area contributed by atoms with Crippen molar-refractivity contribution in [3.05, 3.63) is 11.7 Å². The van der Waals surface area contributed by atoms with Gasteiger partial charge in [0, 0.05) is 26.6 Å². The highest BCUT2D eigenvalue weighted by atomic mass is 19.4. The van der Waals surface area contributed by atoms with E-state index in [1.807, 2.05) is 9.80 Å². The molecule has 3 rings (SSSR count). The van der Waals surface area contributed by atoms with Crippen molar-refractivity contribution in [2.75, 3.05) is 39.9 Å². The Morgan fingerprint density at radius 1 is 1.27 bits per heavy atom. The van der Waals surface area contributed by atoms with Gasteiger partial charge in [0.2, 0.25) is 11.8 Å². The van der Waals surface area contributed by atoms with Gasteiger partial charge in [0.25, 0.3) is 5.82 Å². The summed E-state index contributed by atoms with van der Waals surface area (Å²) in [6.45, 7) is 3.52. The van der Waals surface area contributed by atoms with Crippen LogP contribution in [0.5, 0.6) is 0 Å². The molecule has 7 nitrogen and oxygen atoms in total. The summed E-state index contributed by atoms with van der Waals surface area (Å²) < 4.78 is 47.4. The van der Waals surface area contributed by atoms with E-state index in [9.17, 15) is 18.0 Å². The minimum absolute atomic E-state index is 0.0196. The van der Waals surface area contributed by atoms with Gasteiger partial charge in [-0.2, -0.15) is 18.2 Å². The largest absolute Gasteiger partial charge is 0.455 e. The Hall–Kier alpha value is -1.68. The van der Waals surface area contributed by atoms with Crippen LogP contribution in [0.1, 0.15) is 37.4 Å². The van der Waals surface area contributed by atoms with Crippen LogP contribution in [-0.2, 0) is 22.3 Å². The van der Waals surface area contributed by atoms with Gasteiger partial charge in [-0.3, -0.25) is 9.69 Å². The third-order valence-corrected chi connectivity index (χ3v) is 5.31. The zero-order chi connectivity index (χ0) is 18.8. The average Bonchev–Trinajstić information content (AvgIpc) is 3.07. The van der Waals surface area contributed by atoms with Crippen molar-refractivity contribution in [3.8, 4) is 0 Å². The molecule has 0 bridgehead atoms. The molecule has 0 radical (unpaired) electrons. The lowest BCUT2D eigenvalue weighted by Crippen LogP contribution is -2.52. The summed E-state index contributed by atoms with van der Waals surface area (Å²) >= 11 is 0. The lowest BCUT2D eigenvalue weighted by Gasteiger charge is -2.47. The molecule has 1 aromatic heterocycles. The second-order valence-corrected chi connectivity index (χ2v) is 7.09. The molecule has 2 aliphatic heterocycles. The van der Waals surface area contributed by atoms with Gasteiger partial charge in [-0.1, -0.05) is 5.16 Å². The summed E-state index contributed by atoms with van der Waals surface area (Å²) in [6, 6.07) is 0. The summed E-state index contributed by atoms with van der Waals surface area (Å²) in [5.41, 5.74) is 0.0874. The average molecular weight is 376 g/mol. The number of carbonyl (C=O) groups excluding carboxylic acids is 1. The zero-order valence-corrected chi connectivity index (χ0v) is 14.7. The number of ether oxygens (including phenoxy) is 1. The zero-order valence-electron chi connectivity index (χ0n) is 14.7. The standard InChI is InChI=1S/C16H23F3N4O3/c1-25-9-8-23-11-15(3-2-13(23)24)4-6-22(7-5-15)10-12-20-14(21-26-12)16(17,18)19/h2-11H2,1H3. The summed E-state index contributed by atoms with van der Waals surface area (Å²) in [5, 5.41) is 2.99. The molecule has 1 aromatic rings. The molecule has 0 unspecified atom stereocenters. The molecule has 0 atom stereocenters. The van der Waals surface area contributed by atoms with Gasteiger partial charge >= 0.3 is 6.18 Å². The lowest BCUT2D eigenvalue weighted by atomic mass is 9.72. The maximum absolute atomic E-state index is 12.5. The summed E-state index contributed by atoms with van der Waals surface area (Å²) in [6.07, 6.45) is -1.40. The van der Waals surface area contributed by atoms with Gasteiger partial charge in [0.05, 0.1) is 13.2 Å². The molecular formula is C16H23F3N4O3. The van der Waals surface area contributed by atoms with Gasteiger partial charge in [0.15, 0.2) is 0 Å². The fourth-order valence-corrected chi connectivity index (χ4v) is 3.73. The highest BCUT2D eigenvalue weighted by Crippen LogP contribution is 2.40. The van der Waals surface area contributed by atoms with E-state index < -0.39 is 12.0 Å². The number of aromatic nitrogens is 2. The van der Waals surface area contributed by atoms with Crippen LogP contribution in [0.25, 0.3) is 0 Å². The van der Waals surface area contributed by atoms with Crippen LogP contribution in [0.15, 0.2) is 4.52 Å². The van der Waals surface area contributed by atoms with E-state index in [1.165, 1.54) is 0 Å². The number of nitrogens with zero attached hydrogens (tertiary/aromatic N) is 4. The van der Waals surface area contributed by atoms with E-state index in [-0.39, 0.29) is 23.8 Å². The lowest BCUT2D eigenvalue weighted by molar-refractivity contribution is -0.146. The Bertz CT molecular complexity index is 627. The van der Waals surface area contributed by atoms with E-state index in [0.29, 0.717) is 19.6 Å². The van der Waals surface area contributed by atoms with Crippen molar-refractivity contribution in [2.45, 2.75) is 38.4 Å². The van der Waals surface area contributed by atoms with E-state index in [0.717, 1.165) is 38.9 Å². The third kappa shape index (κ3) is 4.35. The summed E-state index contributed by atoms with van der Waals surface area (Å²) in [4.78, 5) is 19.4. The number of amides is 1. The number of piperidine rings is 2. The molecule has 3 heterocycles. The number of hydrogen-bond acceptors (Lipinski definition) is 6. The SMILES string of the molecule is COCCN1CC2(CCC1=O)CCN(Cc1nc(C(F)(F)F)no1)CC2. The number of likely N-dealkylation sites (tertiary alicyclic amines) is 2. The van der Waals surface area contributed by atoms with Crippen LogP contribution in [0.3, 0.4) is 0 Å². The second-order valence-electron chi connectivity index (χ2n) is 7.09. The van der Waals surface area contributed by atoms with Gasteiger partial charge in [-0.15, -0.1) is 0 Å². The van der Waals surface area contributed by atoms with Crippen LogP contribution in [0.2, 0.25) is 0 Å². The fourth-order valence-electron chi connectivity index (χ4n) is 3.73. The van der Waals surface area contributed by atoms with Gasteiger partial charge in [0.1, 0.15) is 0 Å². The number of methoxy groups -OCH3 is 1. The predicted molar refractivity (Wildman–Crippen MR) is 83.9 cm³/mol. The number of rotatable bonds is 5. The van der Waals surface area contributed by atoms with Gasteiger partial charge < -0.3 is 14.2 Å². The van der Waals surface area contributed by atoms with Crippen molar-refractivity contribution < 1.29 is 27.2 Å². The Morgan fingerprint density at radius 3 is 2.62 bits per heavy atom. The summed E-state index contributed by atoms with van der Waals surface area (Å²) in [7, 11) is 1.62. The van der Waals surface area contributed by atoms with Crippen molar-refractivity contribution >= 4 is 5.91 Å². The topological polar surface area (TPSA) is 71.7 Å². The molecule has 0 saturated carbocycles. The highest BCUT2D eigenvalue weighted by Gasteiger charge is 2.41.